The van der Waals surface area contributed by atoms with E-state index in [0.29, 0.717) is 11.1 Å². The van der Waals surface area contributed by atoms with E-state index in [9.17, 15) is 9.59 Å². The van der Waals surface area contributed by atoms with Crippen molar-refractivity contribution in [3.05, 3.63) is 35.4 Å². The van der Waals surface area contributed by atoms with Crippen molar-refractivity contribution in [2.24, 2.45) is 0 Å². The van der Waals surface area contributed by atoms with Gasteiger partial charge in [-0.1, -0.05) is 30.4 Å². The summed E-state index contributed by atoms with van der Waals surface area (Å²) < 4.78 is 5.21. The summed E-state index contributed by atoms with van der Waals surface area (Å²) in [7, 11) is 0. The van der Waals surface area contributed by atoms with Gasteiger partial charge in [-0.3, -0.25) is 9.59 Å². The molecule has 18 heavy (non-hydrogen) atoms. The minimum atomic E-state index is -0.421. The highest BCUT2D eigenvalue weighted by molar-refractivity contribution is 7.80. The molecular formula is C13H13NO3S. The van der Waals surface area contributed by atoms with Crippen LogP contribution in [-0.4, -0.2) is 34.4 Å². The van der Waals surface area contributed by atoms with Crippen LogP contribution in [0.15, 0.2) is 24.3 Å². The summed E-state index contributed by atoms with van der Waals surface area (Å²) in [6.07, 6.45) is -0.0670. The Balaban J connectivity index is 2.21. The van der Waals surface area contributed by atoms with E-state index < -0.39 is 5.91 Å². The zero-order valence-electron chi connectivity index (χ0n) is 10.2. The van der Waals surface area contributed by atoms with Crippen molar-refractivity contribution in [1.29, 1.82) is 0 Å². The van der Waals surface area contributed by atoms with E-state index in [2.05, 4.69) is 0 Å². The summed E-state index contributed by atoms with van der Waals surface area (Å²) in [6.45, 7) is 3.51. The first kappa shape index (κ1) is 12.9. The predicted octanol–water partition coefficient (Wildman–Crippen LogP) is 1.77. The van der Waals surface area contributed by atoms with Crippen LogP contribution in [-0.2, 0) is 9.53 Å². The third kappa shape index (κ3) is 2.19. The van der Waals surface area contributed by atoms with E-state index >= 15 is 0 Å². The van der Waals surface area contributed by atoms with E-state index in [1.54, 1.807) is 24.3 Å². The maximum absolute atomic E-state index is 12.1. The molecule has 0 fully saturated rings. The first-order valence-electron chi connectivity index (χ1n) is 5.64. The smallest absolute Gasteiger partial charge is 0.266 e. The Bertz CT molecular complexity index is 490. The molecule has 1 heterocycles. The number of hydrogen-bond acceptors (Lipinski definition) is 4. The maximum Gasteiger partial charge on any atom is 0.266 e. The maximum atomic E-state index is 12.1. The molecule has 0 N–H and O–H groups in total. The minimum absolute atomic E-state index is 0.0670. The van der Waals surface area contributed by atoms with Gasteiger partial charge in [-0.05, 0) is 19.9 Å². The van der Waals surface area contributed by atoms with E-state index in [-0.39, 0.29) is 23.6 Å². The van der Waals surface area contributed by atoms with E-state index in [4.69, 9.17) is 17.0 Å². The van der Waals surface area contributed by atoms with Crippen LogP contribution in [0, 0.1) is 0 Å². The van der Waals surface area contributed by atoms with Gasteiger partial charge in [0.15, 0.2) is 0 Å². The predicted molar refractivity (Wildman–Crippen MR) is 70.4 cm³/mol. The van der Waals surface area contributed by atoms with E-state index in [1.165, 1.54) is 0 Å². The molecule has 0 aliphatic carbocycles. The monoisotopic (exact) mass is 263 g/mol. The molecule has 0 spiro atoms. The van der Waals surface area contributed by atoms with Crippen molar-refractivity contribution < 1.29 is 14.3 Å². The van der Waals surface area contributed by atoms with Crippen LogP contribution in [0.25, 0.3) is 0 Å². The third-order valence-corrected chi connectivity index (χ3v) is 2.99. The van der Waals surface area contributed by atoms with Gasteiger partial charge in [-0.15, -0.1) is 0 Å². The molecule has 0 bridgehead atoms. The van der Waals surface area contributed by atoms with Crippen molar-refractivity contribution in [2.75, 3.05) is 6.61 Å². The molecule has 0 saturated heterocycles. The molecule has 2 rings (SSSR count). The molecular weight excluding hydrogens is 250 g/mol. The summed E-state index contributed by atoms with van der Waals surface area (Å²) >= 11 is 5.16. The molecule has 1 aliphatic rings. The highest BCUT2D eigenvalue weighted by Crippen LogP contribution is 2.23. The van der Waals surface area contributed by atoms with Crippen LogP contribution < -0.4 is 0 Å². The fraction of sp³-hybridized carbons (Fsp3) is 0.308. The average Bonchev–Trinajstić information content (AvgIpc) is 2.60. The van der Waals surface area contributed by atoms with Crippen molar-refractivity contribution in [3.63, 3.8) is 0 Å². The molecule has 0 unspecified atom stereocenters. The largest absolute Gasteiger partial charge is 0.369 e. The zero-order chi connectivity index (χ0) is 13.3. The Morgan fingerprint density at radius 2 is 1.94 bits per heavy atom. The fourth-order valence-electron chi connectivity index (χ4n) is 1.72. The molecule has 1 aromatic carbocycles. The van der Waals surface area contributed by atoms with Crippen LogP contribution in [0.5, 0.6) is 0 Å². The standard InChI is InChI=1S/C13H13NO3S/c1-8(2)17-7-11(15)14-12(16)9-5-3-4-6-10(9)13(14)18/h3-6,8H,7H2,1-2H3. The minimum Gasteiger partial charge on any atom is -0.369 e. The van der Waals surface area contributed by atoms with Crippen LogP contribution >= 0.6 is 12.2 Å². The van der Waals surface area contributed by atoms with Gasteiger partial charge in [0.1, 0.15) is 11.6 Å². The Morgan fingerprint density at radius 3 is 2.50 bits per heavy atom. The lowest BCUT2D eigenvalue weighted by Gasteiger charge is -2.15. The first-order chi connectivity index (χ1) is 8.52. The van der Waals surface area contributed by atoms with Gasteiger partial charge in [0.05, 0.1) is 11.7 Å². The second-order valence-corrected chi connectivity index (χ2v) is 4.63. The summed E-state index contributed by atoms with van der Waals surface area (Å²) in [5, 5.41) is 0. The molecule has 94 valence electrons. The topological polar surface area (TPSA) is 46.6 Å². The van der Waals surface area contributed by atoms with Gasteiger partial charge in [0, 0.05) is 5.56 Å². The number of ether oxygens (including phenoxy) is 1. The van der Waals surface area contributed by atoms with Gasteiger partial charge in [-0.25, -0.2) is 4.90 Å². The zero-order valence-corrected chi connectivity index (χ0v) is 11.0. The number of thiocarbonyl (C=S) groups is 1. The summed E-state index contributed by atoms with van der Waals surface area (Å²) in [5.74, 6) is -0.789. The van der Waals surface area contributed by atoms with Crippen LogP contribution in [0.4, 0.5) is 0 Å². The molecule has 5 heteroatoms. The summed E-state index contributed by atoms with van der Waals surface area (Å²) in [4.78, 5) is 25.3. The SMILES string of the molecule is CC(C)OCC(=O)N1C(=O)c2ccccc2C1=S. The number of fused-ring (bicyclic) bond motifs is 1. The van der Waals surface area contributed by atoms with Crippen LogP contribution in [0.2, 0.25) is 0 Å². The number of rotatable bonds is 3. The van der Waals surface area contributed by atoms with Gasteiger partial charge in [0.25, 0.3) is 11.8 Å². The van der Waals surface area contributed by atoms with Crippen LogP contribution in [0.3, 0.4) is 0 Å². The molecule has 0 atom stereocenters. The highest BCUT2D eigenvalue weighted by atomic mass is 32.1. The van der Waals surface area contributed by atoms with Gasteiger partial charge in [0.2, 0.25) is 0 Å². The van der Waals surface area contributed by atoms with Gasteiger partial charge in [-0.2, -0.15) is 0 Å². The quantitative estimate of drug-likeness (QED) is 0.780. The normalized spacial score (nSPS) is 14.3. The lowest BCUT2D eigenvalue weighted by molar-refractivity contribution is -0.131. The number of nitrogens with zero attached hydrogens (tertiary/aromatic N) is 1. The van der Waals surface area contributed by atoms with E-state index in [0.717, 1.165) is 4.90 Å². The Kier molecular flexibility index (Phi) is 3.54. The highest BCUT2D eigenvalue weighted by Gasteiger charge is 2.36. The van der Waals surface area contributed by atoms with Crippen LogP contribution in [0.1, 0.15) is 29.8 Å². The number of carbonyl (C=O) groups excluding carboxylic acids is 2. The van der Waals surface area contributed by atoms with Crippen molar-refractivity contribution in [3.8, 4) is 0 Å². The lowest BCUT2D eigenvalue weighted by atomic mass is 10.1. The number of imide groups is 1. The lowest BCUT2D eigenvalue weighted by Crippen LogP contribution is -2.38. The van der Waals surface area contributed by atoms with Gasteiger partial charge < -0.3 is 4.74 Å². The second kappa shape index (κ2) is 4.96. The molecule has 2 amide bonds. The van der Waals surface area contributed by atoms with Gasteiger partial charge >= 0.3 is 0 Å². The molecule has 1 aliphatic heterocycles. The molecule has 0 aromatic heterocycles. The van der Waals surface area contributed by atoms with E-state index in [1.807, 2.05) is 13.8 Å². The number of amides is 2. The third-order valence-electron chi connectivity index (χ3n) is 2.58. The second-order valence-electron chi connectivity index (χ2n) is 4.24. The van der Waals surface area contributed by atoms with Crippen molar-refractivity contribution in [2.45, 2.75) is 20.0 Å². The molecule has 0 radical (unpaired) electrons. The Morgan fingerprint density at radius 1 is 1.33 bits per heavy atom. The fourth-order valence-corrected chi connectivity index (χ4v) is 2.08. The number of benzene rings is 1. The first-order valence-corrected chi connectivity index (χ1v) is 6.05. The Labute approximate surface area is 111 Å². The average molecular weight is 263 g/mol. The van der Waals surface area contributed by atoms with Crippen molar-refractivity contribution >= 4 is 29.0 Å². The summed E-state index contributed by atoms with van der Waals surface area (Å²) in [5.41, 5.74) is 1.11. The summed E-state index contributed by atoms with van der Waals surface area (Å²) in [6, 6.07) is 6.95. The Hall–Kier alpha value is -1.59. The number of hydrogen-bond donors (Lipinski definition) is 0. The molecule has 4 nitrogen and oxygen atoms in total. The molecule has 0 saturated carbocycles. The van der Waals surface area contributed by atoms with Crippen molar-refractivity contribution in [1.82, 2.24) is 4.90 Å². The number of carbonyl (C=O) groups is 2. The molecule has 1 aromatic rings.